The van der Waals surface area contributed by atoms with Crippen LogP contribution < -0.4 is 4.74 Å². The average Bonchev–Trinajstić information content (AvgIpc) is 2.14. The van der Waals surface area contributed by atoms with Gasteiger partial charge in [-0.05, 0) is 24.1 Å². The molecule has 0 aliphatic carbocycles. The molecule has 0 N–H and O–H groups in total. The quantitative estimate of drug-likeness (QED) is 0.741. The summed E-state index contributed by atoms with van der Waals surface area (Å²) in [5.74, 6) is 3.10. The van der Waals surface area contributed by atoms with E-state index in [0.717, 1.165) is 10.7 Å². The lowest BCUT2D eigenvalue weighted by Crippen LogP contribution is -1.91. The van der Waals surface area contributed by atoms with Crippen LogP contribution in [0, 0.1) is 11.2 Å². The fraction of sp³-hybridized carbons (Fsp3) is 0.200. The predicted molar refractivity (Wildman–Crippen MR) is 62.4 cm³/mol. The summed E-state index contributed by atoms with van der Waals surface area (Å²) in [5.41, 5.74) is 0.539. The van der Waals surface area contributed by atoms with Gasteiger partial charge in [-0.15, -0.1) is 0 Å². The van der Waals surface area contributed by atoms with Gasteiger partial charge >= 0.3 is 0 Å². The number of methoxy groups -OCH3 is 1. The second-order valence-corrected chi connectivity index (χ2v) is 5.51. The van der Waals surface area contributed by atoms with Crippen LogP contribution in [0.2, 0.25) is 0 Å². The number of hydrogen-bond acceptors (Lipinski definition) is 3. The van der Waals surface area contributed by atoms with E-state index >= 15 is 0 Å². The Balaban J connectivity index is 3.23. The Morgan fingerprint density at radius 1 is 1.40 bits per heavy atom. The summed E-state index contributed by atoms with van der Waals surface area (Å²) in [6.07, 6.45) is 1.06. The van der Waals surface area contributed by atoms with Crippen LogP contribution in [0.4, 0.5) is 0 Å². The summed E-state index contributed by atoms with van der Waals surface area (Å²) in [5, 5.41) is 2.16. The topological polar surface area (TPSA) is 43.4 Å². The van der Waals surface area contributed by atoms with Crippen molar-refractivity contribution in [1.82, 2.24) is 0 Å². The third-order valence-corrected chi connectivity index (χ3v) is 2.50. The van der Waals surface area contributed by atoms with Gasteiger partial charge in [0.05, 0.1) is 18.9 Å². The minimum Gasteiger partial charge on any atom is -0.495 e. The third-order valence-electron chi connectivity index (χ3n) is 1.53. The van der Waals surface area contributed by atoms with Gasteiger partial charge in [0.15, 0.2) is 0 Å². The normalized spacial score (nSPS) is 10.3. The van der Waals surface area contributed by atoms with Gasteiger partial charge in [-0.25, -0.2) is 8.42 Å². The van der Waals surface area contributed by atoms with Crippen molar-refractivity contribution < 1.29 is 13.2 Å². The summed E-state index contributed by atoms with van der Waals surface area (Å²) in [6.45, 7) is 0. The van der Waals surface area contributed by atoms with E-state index in [2.05, 4.69) is 27.1 Å². The van der Waals surface area contributed by atoms with Crippen LogP contribution in [0.25, 0.3) is 0 Å². The fourth-order valence-corrected chi connectivity index (χ4v) is 1.58. The monoisotopic (exact) mass is 288 g/mol. The van der Waals surface area contributed by atoms with Gasteiger partial charge in [0.1, 0.15) is 5.75 Å². The molecular formula is C10H9BrO3S. The zero-order valence-corrected chi connectivity index (χ0v) is 10.6. The maximum absolute atomic E-state index is 10.9. The van der Waals surface area contributed by atoms with Crippen molar-refractivity contribution in [2.24, 2.45) is 0 Å². The SMILES string of the molecule is COc1ccc(Br)cc1C#CS(C)(=O)=O. The summed E-state index contributed by atoms with van der Waals surface area (Å²) in [7, 11) is -1.78. The number of ether oxygens (including phenoxy) is 1. The van der Waals surface area contributed by atoms with Crippen molar-refractivity contribution >= 4 is 25.8 Å². The van der Waals surface area contributed by atoms with E-state index in [-0.39, 0.29) is 0 Å². The molecule has 0 bridgehead atoms. The van der Waals surface area contributed by atoms with Crippen molar-refractivity contribution in [3.8, 4) is 16.9 Å². The van der Waals surface area contributed by atoms with Crippen LogP contribution in [0.5, 0.6) is 5.75 Å². The second-order valence-electron chi connectivity index (χ2n) is 2.84. The first-order valence-corrected chi connectivity index (χ1v) is 6.67. The Bertz CT molecular complexity index is 523. The largest absolute Gasteiger partial charge is 0.495 e. The van der Waals surface area contributed by atoms with E-state index in [4.69, 9.17) is 4.74 Å². The van der Waals surface area contributed by atoms with Crippen molar-refractivity contribution in [3.05, 3.63) is 28.2 Å². The Labute approximate surface area is 97.5 Å². The molecule has 0 aliphatic rings. The standard InChI is InChI=1S/C10H9BrO3S/c1-14-10-4-3-9(11)7-8(10)5-6-15(2,12)13/h3-4,7H,1-2H3. The molecule has 0 spiro atoms. The van der Waals surface area contributed by atoms with E-state index in [9.17, 15) is 8.42 Å². The molecule has 15 heavy (non-hydrogen) atoms. The van der Waals surface area contributed by atoms with E-state index < -0.39 is 9.84 Å². The van der Waals surface area contributed by atoms with Crippen LogP contribution in [0.3, 0.4) is 0 Å². The van der Waals surface area contributed by atoms with Gasteiger partial charge in [0.25, 0.3) is 0 Å². The molecule has 1 aromatic rings. The van der Waals surface area contributed by atoms with Crippen LogP contribution >= 0.6 is 15.9 Å². The summed E-state index contributed by atoms with van der Waals surface area (Å²) >= 11 is 3.27. The van der Waals surface area contributed by atoms with Gasteiger partial charge in [0.2, 0.25) is 9.84 Å². The molecular weight excluding hydrogens is 280 g/mol. The first kappa shape index (κ1) is 12.1. The maximum Gasteiger partial charge on any atom is 0.214 e. The molecule has 0 heterocycles. The summed E-state index contributed by atoms with van der Waals surface area (Å²) < 4.78 is 27.6. The molecule has 5 heteroatoms. The van der Waals surface area contributed by atoms with Gasteiger partial charge in [-0.3, -0.25) is 0 Å². The van der Waals surface area contributed by atoms with Crippen LogP contribution in [0.15, 0.2) is 22.7 Å². The highest BCUT2D eigenvalue weighted by molar-refractivity contribution is 9.10. The Morgan fingerprint density at radius 3 is 2.60 bits per heavy atom. The molecule has 0 unspecified atom stereocenters. The minimum absolute atomic E-state index is 0.539. The molecule has 0 amide bonds. The van der Waals surface area contributed by atoms with Crippen molar-refractivity contribution in [1.29, 1.82) is 0 Å². The Morgan fingerprint density at radius 2 is 2.07 bits per heavy atom. The molecule has 1 rings (SSSR count). The van der Waals surface area contributed by atoms with E-state index in [0.29, 0.717) is 11.3 Å². The van der Waals surface area contributed by atoms with Gasteiger partial charge < -0.3 is 4.74 Å². The molecule has 0 aliphatic heterocycles. The second kappa shape index (κ2) is 4.69. The fourth-order valence-electron chi connectivity index (χ4n) is 0.926. The summed E-state index contributed by atoms with van der Waals surface area (Å²) in [6, 6.07) is 5.22. The maximum atomic E-state index is 10.9. The van der Waals surface area contributed by atoms with Crippen molar-refractivity contribution in [2.75, 3.05) is 13.4 Å². The number of hydrogen-bond donors (Lipinski definition) is 0. The first-order valence-electron chi connectivity index (χ1n) is 3.99. The van der Waals surface area contributed by atoms with Gasteiger partial charge in [0, 0.05) is 9.73 Å². The molecule has 0 fully saturated rings. The third kappa shape index (κ3) is 3.94. The zero-order chi connectivity index (χ0) is 11.5. The van der Waals surface area contributed by atoms with E-state index in [1.807, 2.05) is 0 Å². The van der Waals surface area contributed by atoms with E-state index in [1.165, 1.54) is 7.11 Å². The lowest BCUT2D eigenvalue weighted by molar-refractivity contribution is 0.413. The zero-order valence-electron chi connectivity index (χ0n) is 8.24. The molecule has 3 nitrogen and oxygen atoms in total. The number of sulfone groups is 1. The molecule has 0 radical (unpaired) electrons. The highest BCUT2D eigenvalue weighted by Crippen LogP contribution is 2.21. The number of benzene rings is 1. The highest BCUT2D eigenvalue weighted by atomic mass is 79.9. The van der Waals surface area contributed by atoms with Crippen molar-refractivity contribution in [2.45, 2.75) is 0 Å². The lowest BCUT2D eigenvalue weighted by atomic mass is 10.2. The summed E-state index contributed by atoms with van der Waals surface area (Å²) in [4.78, 5) is 0. The minimum atomic E-state index is -3.29. The lowest BCUT2D eigenvalue weighted by Gasteiger charge is -2.02. The van der Waals surface area contributed by atoms with Gasteiger partial charge in [-0.1, -0.05) is 15.9 Å². The average molecular weight is 289 g/mol. The van der Waals surface area contributed by atoms with Gasteiger partial charge in [-0.2, -0.15) is 0 Å². The molecule has 0 saturated heterocycles. The van der Waals surface area contributed by atoms with Crippen LogP contribution in [-0.4, -0.2) is 21.8 Å². The van der Waals surface area contributed by atoms with Crippen LogP contribution in [-0.2, 0) is 9.84 Å². The Kier molecular flexibility index (Phi) is 3.77. The molecule has 1 aromatic carbocycles. The predicted octanol–water partition coefficient (Wildman–Crippen LogP) is 1.81. The Hall–Kier alpha value is -0.990. The van der Waals surface area contributed by atoms with E-state index in [1.54, 1.807) is 18.2 Å². The molecule has 0 saturated carbocycles. The number of rotatable bonds is 1. The van der Waals surface area contributed by atoms with Crippen molar-refractivity contribution in [3.63, 3.8) is 0 Å². The smallest absolute Gasteiger partial charge is 0.214 e. The number of halogens is 1. The first-order chi connectivity index (χ1) is 6.92. The molecule has 0 atom stereocenters. The molecule has 80 valence electrons. The molecule has 0 aromatic heterocycles. The van der Waals surface area contributed by atoms with Crippen LogP contribution in [0.1, 0.15) is 5.56 Å². The highest BCUT2D eigenvalue weighted by Gasteiger charge is 2.01.